The number of rotatable bonds is 3. The van der Waals surface area contributed by atoms with E-state index in [4.69, 9.17) is 0 Å². The number of nitrogens with one attached hydrogen (secondary N) is 2. The molecule has 0 radical (unpaired) electrons. The number of carbonyl (C=O) groups is 1. The van der Waals surface area contributed by atoms with Gasteiger partial charge in [0.2, 0.25) is 0 Å². The first-order valence-electron chi connectivity index (χ1n) is 8.19. The number of pyridine rings is 1. The van der Waals surface area contributed by atoms with Gasteiger partial charge in [-0.15, -0.1) is 10.2 Å². The molecule has 0 saturated heterocycles. The van der Waals surface area contributed by atoms with E-state index in [1.807, 2.05) is 0 Å². The van der Waals surface area contributed by atoms with Crippen molar-refractivity contribution in [2.45, 2.75) is 38.4 Å². The fraction of sp³-hybridized carbons (Fsp3) is 0.375. The number of aromatic nitrogens is 5. The second kappa shape index (κ2) is 6.11. The van der Waals surface area contributed by atoms with Crippen LogP contribution in [0, 0.1) is 0 Å². The second-order valence-electron chi connectivity index (χ2n) is 6.15. The SMILES string of the molecule is O=C(NCc1nnc2c(C(F)(F)F)cccn12)c1n[nH]c2c1CCCC2. The Morgan fingerprint density at radius 3 is 2.88 bits per heavy atom. The van der Waals surface area contributed by atoms with Crippen molar-refractivity contribution in [3.63, 3.8) is 0 Å². The molecule has 4 rings (SSSR count). The lowest BCUT2D eigenvalue weighted by molar-refractivity contribution is -0.136. The van der Waals surface area contributed by atoms with Crippen molar-refractivity contribution >= 4 is 11.6 Å². The summed E-state index contributed by atoms with van der Waals surface area (Å²) in [5, 5.41) is 17.0. The molecule has 1 amide bonds. The molecular weight excluding hydrogens is 349 g/mol. The zero-order chi connectivity index (χ0) is 18.3. The number of H-pyrrole nitrogens is 1. The first-order valence-corrected chi connectivity index (χ1v) is 8.19. The molecule has 2 N–H and O–H groups in total. The summed E-state index contributed by atoms with van der Waals surface area (Å²) in [6.45, 7) is -0.0526. The normalized spacial score (nSPS) is 14.4. The molecule has 26 heavy (non-hydrogen) atoms. The first-order chi connectivity index (χ1) is 12.4. The molecule has 7 nitrogen and oxygen atoms in total. The van der Waals surface area contributed by atoms with E-state index in [9.17, 15) is 18.0 Å². The number of fused-ring (bicyclic) bond motifs is 2. The maximum atomic E-state index is 13.0. The molecule has 3 aromatic rings. The van der Waals surface area contributed by atoms with Gasteiger partial charge in [-0.3, -0.25) is 14.3 Å². The summed E-state index contributed by atoms with van der Waals surface area (Å²) in [5.74, 6) is -0.169. The Hall–Kier alpha value is -2.91. The van der Waals surface area contributed by atoms with Gasteiger partial charge >= 0.3 is 6.18 Å². The lowest BCUT2D eigenvalue weighted by Crippen LogP contribution is -2.25. The summed E-state index contributed by atoms with van der Waals surface area (Å²) < 4.78 is 40.3. The van der Waals surface area contributed by atoms with Gasteiger partial charge < -0.3 is 5.32 Å². The molecule has 1 aliphatic carbocycles. The molecule has 3 heterocycles. The van der Waals surface area contributed by atoms with E-state index in [1.54, 1.807) is 0 Å². The minimum atomic E-state index is -4.52. The zero-order valence-electron chi connectivity index (χ0n) is 13.6. The van der Waals surface area contributed by atoms with Gasteiger partial charge in [0.05, 0.1) is 6.54 Å². The number of aryl methyl sites for hydroxylation is 1. The van der Waals surface area contributed by atoms with Gasteiger partial charge in [-0.25, -0.2) is 0 Å². The number of nitrogens with zero attached hydrogens (tertiary/aromatic N) is 4. The van der Waals surface area contributed by atoms with Crippen LogP contribution < -0.4 is 5.32 Å². The largest absolute Gasteiger partial charge is 0.420 e. The van der Waals surface area contributed by atoms with Crippen molar-refractivity contribution in [1.82, 2.24) is 30.1 Å². The highest BCUT2D eigenvalue weighted by atomic mass is 19.4. The molecule has 0 aromatic carbocycles. The minimum absolute atomic E-state index is 0.0526. The predicted octanol–water partition coefficient (Wildman–Crippen LogP) is 2.28. The van der Waals surface area contributed by atoms with Gasteiger partial charge in [0, 0.05) is 17.5 Å². The highest BCUT2D eigenvalue weighted by Crippen LogP contribution is 2.31. The lowest BCUT2D eigenvalue weighted by atomic mass is 9.96. The quantitative estimate of drug-likeness (QED) is 0.746. The van der Waals surface area contributed by atoms with Gasteiger partial charge in [-0.1, -0.05) is 0 Å². The average molecular weight is 364 g/mol. The van der Waals surface area contributed by atoms with E-state index in [0.717, 1.165) is 43.0 Å². The topological polar surface area (TPSA) is 88.0 Å². The Labute approximate surface area is 145 Å². The molecule has 136 valence electrons. The van der Waals surface area contributed by atoms with Crippen molar-refractivity contribution in [2.75, 3.05) is 0 Å². The Bertz CT molecular complexity index is 974. The molecule has 0 atom stereocenters. The highest BCUT2D eigenvalue weighted by molar-refractivity contribution is 5.93. The van der Waals surface area contributed by atoms with Crippen molar-refractivity contribution < 1.29 is 18.0 Å². The predicted molar refractivity (Wildman–Crippen MR) is 84.4 cm³/mol. The number of hydrogen-bond acceptors (Lipinski definition) is 4. The van der Waals surface area contributed by atoms with E-state index in [1.165, 1.54) is 16.7 Å². The molecule has 0 spiro atoms. The van der Waals surface area contributed by atoms with Crippen LogP contribution in [0.15, 0.2) is 18.3 Å². The fourth-order valence-corrected chi connectivity index (χ4v) is 3.22. The van der Waals surface area contributed by atoms with Gasteiger partial charge in [-0.05, 0) is 37.8 Å². The highest BCUT2D eigenvalue weighted by Gasteiger charge is 2.34. The Morgan fingerprint density at radius 2 is 2.08 bits per heavy atom. The van der Waals surface area contributed by atoms with E-state index >= 15 is 0 Å². The van der Waals surface area contributed by atoms with Crippen molar-refractivity contribution in [1.29, 1.82) is 0 Å². The monoisotopic (exact) mass is 364 g/mol. The lowest BCUT2D eigenvalue weighted by Gasteiger charge is -2.11. The van der Waals surface area contributed by atoms with Crippen LogP contribution in [0.2, 0.25) is 0 Å². The third kappa shape index (κ3) is 2.80. The van der Waals surface area contributed by atoms with Crippen LogP contribution in [-0.2, 0) is 25.6 Å². The van der Waals surface area contributed by atoms with Crippen LogP contribution in [0.5, 0.6) is 0 Å². The Balaban J connectivity index is 1.55. The summed E-state index contributed by atoms with van der Waals surface area (Å²) in [7, 11) is 0. The molecule has 3 aromatic heterocycles. The standard InChI is InChI=1S/C16H15F3N6O/c17-16(18,19)10-5-3-7-25-12(22-24-14(10)25)8-20-15(26)13-9-4-1-2-6-11(9)21-23-13/h3,5,7H,1-2,4,6,8H2,(H,20,26)(H,21,23). The molecule has 10 heteroatoms. The number of halogens is 3. The molecule has 0 saturated carbocycles. The molecular formula is C16H15F3N6O. The first kappa shape index (κ1) is 16.6. The number of carbonyl (C=O) groups excluding carboxylic acids is 1. The average Bonchev–Trinajstić information content (AvgIpc) is 3.23. The number of hydrogen-bond donors (Lipinski definition) is 2. The summed E-state index contributed by atoms with van der Waals surface area (Å²) in [5.41, 5.74) is 1.07. The van der Waals surface area contributed by atoms with Gasteiger partial charge in [0.25, 0.3) is 5.91 Å². The van der Waals surface area contributed by atoms with E-state index in [2.05, 4.69) is 25.7 Å². The van der Waals surface area contributed by atoms with Gasteiger partial charge in [-0.2, -0.15) is 18.3 Å². The molecule has 0 bridgehead atoms. The molecule has 0 fully saturated rings. The van der Waals surface area contributed by atoms with Gasteiger partial charge in [0.1, 0.15) is 5.56 Å². The maximum Gasteiger partial charge on any atom is 0.420 e. The van der Waals surface area contributed by atoms with E-state index < -0.39 is 11.7 Å². The van der Waals surface area contributed by atoms with Crippen molar-refractivity contribution in [2.24, 2.45) is 0 Å². The summed E-state index contributed by atoms with van der Waals surface area (Å²) >= 11 is 0. The van der Waals surface area contributed by atoms with Crippen LogP contribution in [0.25, 0.3) is 5.65 Å². The summed E-state index contributed by atoms with van der Waals surface area (Å²) in [6, 6.07) is 2.22. The van der Waals surface area contributed by atoms with Crippen LogP contribution in [0.4, 0.5) is 13.2 Å². The van der Waals surface area contributed by atoms with Crippen LogP contribution in [-0.4, -0.2) is 30.7 Å². The third-order valence-corrected chi connectivity index (χ3v) is 4.49. The summed E-state index contributed by atoms with van der Waals surface area (Å²) in [4.78, 5) is 12.4. The molecule has 1 aliphatic rings. The van der Waals surface area contributed by atoms with Crippen LogP contribution in [0.1, 0.15) is 46.0 Å². The van der Waals surface area contributed by atoms with E-state index in [0.29, 0.717) is 5.69 Å². The fourth-order valence-electron chi connectivity index (χ4n) is 3.22. The number of amides is 1. The Morgan fingerprint density at radius 1 is 1.27 bits per heavy atom. The minimum Gasteiger partial charge on any atom is -0.343 e. The summed E-state index contributed by atoms with van der Waals surface area (Å²) in [6.07, 6.45) is 0.625. The van der Waals surface area contributed by atoms with E-state index in [-0.39, 0.29) is 23.9 Å². The number of aromatic amines is 1. The smallest absolute Gasteiger partial charge is 0.343 e. The maximum absolute atomic E-state index is 13.0. The number of alkyl halides is 3. The zero-order valence-corrected chi connectivity index (χ0v) is 13.6. The third-order valence-electron chi connectivity index (χ3n) is 4.49. The molecule has 0 unspecified atom stereocenters. The van der Waals surface area contributed by atoms with Crippen molar-refractivity contribution in [3.05, 3.63) is 46.7 Å². The van der Waals surface area contributed by atoms with Crippen LogP contribution >= 0.6 is 0 Å². The van der Waals surface area contributed by atoms with Gasteiger partial charge in [0.15, 0.2) is 17.2 Å². The van der Waals surface area contributed by atoms with Crippen LogP contribution in [0.3, 0.4) is 0 Å². The second-order valence-corrected chi connectivity index (χ2v) is 6.15. The van der Waals surface area contributed by atoms with Crippen molar-refractivity contribution in [3.8, 4) is 0 Å². The molecule has 0 aliphatic heterocycles. The Kier molecular flexibility index (Phi) is 3.89.